The topological polar surface area (TPSA) is 59.6 Å². The fourth-order valence-electron chi connectivity index (χ4n) is 3.84. The molecule has 0 radical (unpaired) electrons. The molecule has 1 amide bonds. The van der Waals surface area contributed by atoms with E-state index in [4.69, 9.17) is 0 Å². The number of nitrogens with one attached hydrogen (secondary N) is 3. The van der Waals surface area contributed by atoms with Gasteiger partial charge in [0.2, 0.25) is 5.91 Å². The van der Waals surface area contributed by atoms with Gasteiger partial charge in [-0.3, -0.25) is 15.0 Å². The molecule has 2 aliphatic heterocycles. The third-order valence-corrected chi connectivity index (χ3v) is 5.28. The number of nitrogens with zero attached hydrogens (tertiary/aromatic N) is 2. The van der Waals surface area contributed by atoms with E-state index in [-0.39, 0.29) is 23.8 Å². The number of carbonyl (C=O) groups is 1. The van der Waals surface area contributed by atoms with Gasteiger partial charge < -0.3 is 5.32 Å². The van der Waals surface area contributed by atoms with Gasteiger partial charge in [-0.2, -0.15) is 0 Å². The third kappa shape index (κ3) is 3.82. The first-order chi connectivity index (χ1) is 12.9. The Balaban J connectivity index is 1.89. The minimum atomic E-state index is -2.52. The van der Waals surface area contributed by atoms with Crippen LogP contribution in [0.25, 0.3) is 0 Å². The van der Waals surface area contributed by atoms with Gasteiger partial charge in [0.15, 0.2) is 0 Å². The van der Waals surface area contributed by atoms with Crippen molar-refractivity contribution in [2.45, 2.75) is 44.3 Å². The Morgan fingerprint density at radius 1 is 1.19 bits per heavy atom. The lowest BCUT2D eigenvalue weighted by molar-refractivity contribution is -0.133. The molecule has 0 spiro atoms. The standard InChI is InChI=1S/C18H26F3N5O/c1-4-13(10-5-7-11(8-6-10)15(20)21)26-16-14(12(9-19)24-26)17(27)23-18(22-16)25(2)3/h5-8,12-16,18,22,24H,4,9H2,1-3H3,(H,23,27). The van der Waals surface area contributed by atoms with Crippen molar-refractivity contribution in [3.05, 3.63) is 35.4 Å². The highest BCUT2D eigenvalue weighted by Gasteiger charge is 2.51. The van der Waals surface area contributed by atoms with Crippen LogP contribution in [0.4, 0.5) is 13.2 Å². The Morgan fingerprint density at radius 3 is 2.33 bits per heavy atom. The maximum atomic E-state index is 13.6. The molecule has 0 bridgehead atoms. The minimum Gasteiger partial charge on any atom is -0.327 e. The van der Waals surface area contributed by atoms with Crippen LogP contribution in [0.1, 0.15) is 36.9 Å². The van der Waals surface area contributed by atoms with E-state index in [1.807, 2.05) is 30.9 Å². The van der Waals surface area contributed by atoms with Gasteiger partial charge in [0.1, 0.15) is 13.0 Å². The molecule has 0 saturated carbocycles. The molecular weight excluding hydrogens is 359 g/mol. The van der Waals surface area contributed by atoms with Gasteiger partial charge in [-0.05, 0) is 26.1 Å². The molecule has 3 N–H and O–H groups in total. The lowest BCUT2D eigenvalue weighted by Gasteiger charge is -2.41. The van der Waals surface area contributed by atoms with E-state index < -0.39 is 31.2 Å². The number of carbonyl (C=O) groups excluding carboxylic acids is 1. The van der Waals surface area contributed by atoms with Gasteiger partial charge >= 0.3 is 0 Å². The van der Waals surface area contributed by atoms with Crippen molar-refractivity contribution in [2.75, 3.05) is 20.8 Å². The maximum Gasteiger partial charge on any atom is 0.263 e. The van der Waals surface area contributed by atoms with Crippen LogP contribution >= 0.6 is 0 Å². The molecule has 3 rings (SSSR count). The van der Waals surface area contributed by atoms with Crippen LogP contribution < -0.4 is 16.1 Å². The van der Waals surface area contributed by atoms with Gasteiger partial charge in [0.05, 0.1) is 24.2 Å². The molecule has 1 aromatic carbocycles. The largest absolute Gasteiger partial charge is 0.327 e. The van der Waals surface area contributed by atoms with Crippen LogP contribution in [0, 0.1) is 5.92 Å². The molecular formula is C18H26F3N5O. The first kappa shape index (κ1) is 20.1. The van der Waals surface area contributed by atoms with Crippen LogP contribution in [-0.4, -0.2) is 55.1 Å². The first-order valence-electron chi connectivity index (χ1n) is 9.08. The number of amides is 1. The fourth-order valence-corrected chi connectivity index (χ4v) is 3.84. The van der Waals surface area contributed by atoms with E-state index in [9.17, 15) is 18.0 Å². The van der Waals surface area contributed by atoms with Gasteiger partial charge in [-0.15, -0.1) is 0 Å². The summed E-state index contributed by atoms with van der Waals surface area (Å²) in [6.45, 7) is 1.29. The van der Waals surface area contributed by atoms with Crippen molar-refractivity contribution in [2.24, 2.45) is 5.92 Å². The van der Waals surface area contributed by atoms with Crippen LogP contribution in [0.5, 0.6) is 0 Å². The summed E-state index contributed by atoms with van der Waals surface area (Å²) in [5.74, 6) is -0.793. The van der Waals surface area contributed by atoms with Crippen molar-refractivity contribution in [3.8, 4) is 0 Å². The molecule has 0 aliphatic carbocycles. The van der Waals surface area contributed by atoms with Crippen LogP contribution in [0.15, 0.2) is 24.3 Å². The molecule has 5 atom stereocenters. The number of alkyl halides is 3. The zero-order chi connectivity index (χ0) is 19.7. The number of halogens is 3. The predicted octanol–water partition coefficient (Wildman–Crippen LogP) is 1.74. The van der Waals surface area contributed by atoms with Crippen molar-refractivity contribution in [1.29, 1.82) is 0 Å². The summed E-state index contributed by atoms with van der Waals surface area (Å²) in [5.41, 5.74) is 3.93. The quantitative estimate of drug-likeness (QED) is 0.697. The van der Waals surface area contributed by atoms with E-state index in [2.05, 4.69) is 16.1 Å². The highest BCUT2D eigenvalue weighted by Crippen LogP contribution is 2.34. The first-order valence-corrected chi connectivity index (χ1v) is 9.08. The summed E-state index contributed by atoms with van der Waals surface area (Å²) >= 11 is 0. The second-order valence-electron chi connectivity index (χ2n) is 7.20. The summed E-state index contributed by atoms with van der Waals surface area (Å²) in [4.78, 5) is 14.4. The number of hydrogen-bond acceptors (Lipinski definition) is 5. The second-order valence-corrected chi connectivity index (χ2v) is 7.20. The van der Waals surface area contributed by atoms with Crippen LogP contribution in [0.2, 0.25) is 0 Å². The normalized spacial score (nSPS) is 29.9. The Kier molecular flexibility index (Phi) is 6.05. The van der Waals surface area contributed by atoms with Gasteiger partial charge in [-0.1, -0.05) is 31.2 Å². The Hall–Kier alpha value is -1.68. The molecule has 150 valence electrons. The molecule has 1 aromatic rings. The lowest BCUT2D eigenvalue weighted by Crippen LogP contribution is -2.68. The summed E-state index contributed by atoms with van der Waals surface area (Å²) < 4.78 is 39.3. The van der Waals surface area contributed by atoms with Crippen molar-refractivity contribution < 1.29 is 18.0 Å². The van der Waals surface area contributed by atoms with Crippen LogP contribution in [0.3, 0.4) is 0 Å². The van der Waals surface area contributed by atoms with Crippen molar-refractivity contribution in [3.63, 3.8) is 0 Å². The number of hydrogen-bond donors (Lipinski definition) is 3. The maximum absolute atomic E-state index is 13.6. The number of hydrazine groups is 1. The zero-order valence-corrected chi connectivity index (χ0v) is 15.6. The average molecular weight is 385 g/mol. The number of benzene rings is 1. The number of fused-ring (bicyclic) bond motifs is 1. The summed E-state index contributed by atoms with van der Waals surface area (Å²) in [6.07, 6.45) is -2.64. The molecule has 2 aliphatic rings. The molecule has 2 heterocycles. The minimum absolute atomic E-state index is 0.0367. The third-order valence-electron chi connectivity index (χ3n) is 5.28. The fraction of sp³-hybridized carbons (Fsp3) is 0.611. The van der Waals surface area contributed by atoms with E-state index in [1.165, 1.54) is 12.1 Å². The van der Waals surface area contributed by atoms with Gasteiger partial charge in [-0.25, -0.2) is 23.6 Å². The molecule has 5 unspecified atom stereocenters. The summed E-state index contributed by atoms with van der Waals surface area (Å²) in [7, 11) is 3.66. The molecule has 2 fully saturated rings. The van der Waals surface area contributed by atoms with Gasteiger partial charge in [0.25, 0.3) is 6.43 Å². The van der Waals surface area contributed by atoms with E-state index in [0.29, 0.717) is 6.42 Å². The van der Waals surface area contributed by atoms with Gasteiger partial charge in [0, 0.05) is 5.56 Å². The smallest absolute Gasteiger partial charge is 0.263 e. The SMILES string of the molecule is CCC(c1ccc(C(F)F)cc1)N1NC(CF)C2C(=O)NC(N(C)C)NC21. The van der Waals surface area contributed by atoms with E-state index in [1.54, 1.807) is 12.1 Å². The number of rotatable bonds is 6. The molecule has 0 aromatic heterocycles. The van der Waals surface area contributed by atoms with Crippen molar-refractivity contribution >= 4 is 5.91 Å². The average Bonchev–Trinajstić information content (AvgIpc) is 3.02. The summed E-state index contributed by atoms with van der Waals surface area (Å²) in [6, 6.07) is 5.32. The predicted molar refractivity (Wildman–Crippen MR) is 95.2 cm³/mol. The zero-order valence-electron chi connectivity index (χ0n) is 15.6. The van der Waals surface area contributed by atoms with Crippen molar-refractivity contribution in [1.82, 2.24) is 26.0 Å². The monoisotopic (exact) mass is 385 g/mol. The lowest BCUT2D eigenvalue weighted by atomic mass is 9.95. The molecule has 9 heteroatoms. The Labute approximate surface area is 157 Å². The summed E-state index contributed by atoms with van der Waals surface area (Å²) in [5, 5.41) is 8.06. The highest BCUT2D eigenvalue weighted by molar-refractivity contribution is 5.81. The van der Waals surface area contributed by atoms with E-state index in [0.717, 1.165) is 5.56 Å². The molecule has 6 nitrogen and oxygen atoms in total. The molecule has 27 heavy (non-hydrogen) atoms. The molecule has 2 saturated heterocycles. The second kappa shape index (κ2) is 8.14. The highest BCUT2D eigenvalue weighted by atomic mass is 19.3. The Bertz CT molecular complexity index is 657. The van der Waals surface area contributed by atoms with Crippen LogP contribution in [-0.2, 0) is 4.79 Å². The van der Waals surface area contributed by atoms with E-state index >= 15 is 0 Å². The Morgan fingerprint density at radius 2 is 1.81 bits per heavy atom.